The van der Waals surface area contributed by atoms with Gasteiger partial charge < -0.3 is 10.1 Å². The first-order valence-corrected chi connectivity index (χ1v) is 10.4. The molecule has 0 spiro atoms. The smallest absolute Gasteiger partial charge is 0.315 e. The van der Waals surface area contributed by atoms with Crippen molar-refractivity contribution in [2.75, 3.05) is 11.9 Å². The Labute approximate surface area is 164 Å². The molecule has 1 N–H and O–H groups in total. The topological polar surface area (TPSA) is 38.3 Å². The van der Waals surface area contributed by atoms with Gasteiger partial charge in [0.15, 0.2) is 0 Å². The Morgan fingerprint density at radius 3 is 2.11 bits per heavy atom. The number of carbonyl (C=O) groups is 1. The lowest BCUT2D eigenvalue weighted by Crippen LogP contribution is -2.11. The van der Waals surface area contributed by atoms with E-state index in [1.165, 1.54) is 51.4 Å². The summed E-state index contributed by atoms with van der Waals surface area (Å²) in [6.07, 6.45) is 11.0. The lowest BCUT2D eigenvalue weighted by Gasteiger charge is -2.08. The first-order valence-electron chi connectivity index (χ1n) is 10.4. The van der Waals surface area contributed by atoms with Crippen LogP contribution >= 0.6 is 0 Å². The van der Waals surface area contributed by atoms with Gasteiger partial charge in [0.2, 0.25) is 0 Å². The van der Waals surface area contributed by atoms with Crippen molar-refractivity contribution in [3.8, 4) is 5.75 Å². The van der Waals surface area contributed by atoms with Gasteiger partial charge in [-0.25, -0.2) is 0 Å². The van der Waals surface area contributed by atoms with Crippen LogP contribution in [0.5, 0.6) is 5.75 Å². The molecular weight excluding hydrogens is 334 g/mol. The Morgan fingerprint density at radius 1 is 0.815 bits per heavy atom. The molecule has 0 atom stereocenters. The minimum absolute atomic E-state index is 0.235. The van der Waals surface area contributed by atoms with E-state index in [2.05, 4.69) is 12.2 Å². The van der Waals surface area contributed by atoms with E-state index in [0.29, 0.717) is 5.75 Å². The van der Waals surface area contributed by atoms with Crippen LogP contribution in [0, 0.1) is 0 Å². The molecule has 3 heteroatoms. The van der Waals surface area contributed by atoms with E-state index >= 15 is 0 Å². The molecule has 2 rings (SSSR count). The number of para-hydroxylation sites is 1. The number of carbonyl (C=O) groups excluding carboxylic acids is 1. The highest BCUT2D eigenvalue weighted by Gasteiger charge is 2.06. The zero-order valence-electron chi connectivity index (χ0n) is 16.6. The predicted molar refractivity (Wildman–Crippen MR) is 113 cm³/mol. The molecule has 0 aliphatic heterocycles. The quantitative estimate of drug-likeness (QED) is 0.253. The Kier molecular flexibility index (Phi) is 10.1. The Hall–Kier alpha value is -2.29. The largest absolute Gasteiger partial charge is 0.426 e. The Balaban J connectivity index is 1.59. The molecule has 0 unspecified atom stereocenters. The first-order chi connectivity index (χ1) is 13.3. The molecule has 3 nitrogen and oxygen atoms in total. The Morgan fingerprint density at radius 2 is 1.44 bits per heavy atom. The third-order valence-electron chi connectivity index (χ3n) is 4.64. The van der Waals surface area contributed by atoms with Crippen LogP contribution in [0.1, 0.15) is 63.9 Å². The lowest BCUT2D eigenvalue weighted by atomic mass is 10.1. The summed E-state index contributed by atoms with van der Waals surface area (Å²) in [5.74, 6) is 0.354. The van der Waals surface area contributed by atoms with Gasteiger partial charge in [0.1, 0.15) is 5.75 Å². The van der Waals surface area contributed by atoms with Gasteiger partial charge in [0.25, 0.3) is 0 Å². The molecule has 0 aromatic heterocycles. The van der Waals surface area contributed by atoms with Crippen LogP contribution in [0.4, 0.5) is 5.69 Å². The van der Waals surface area contributed by atoms with E-state index in [4.69, 9.17) is 4.74 Å². The van der Waals surface area contributed by atoms with Crippen LogP contribution in [0.25, 0.3) is 0 Å². The number of hydrogen-bond donors (Lipinski definition) is 1. The summed E-state index contributed by atoms with van der Waals surface area (Å²) in [5, 5.41) is 3.46. The van der Waals surface area contributed by atoms with Crippen molar-refractivity contribution in [2.45, 2.75) is 64.7 Å². The number of ether oxygens (including phenoxy) is 1. The van der Waals surface area contributed by atoms with Gasteiger partial charge >= 0.3 is 5.97 Å². The summed E-state index contributed by atoms with van der Waals surface area (Å²) < 4.78 is 5.33. The van der Waals surface area contributed by atoms with Gasteiger partial charge in [0.05, 0.1) is 6.42 Å². The van der Waals surface area contributed by atoms with Crippen LogP contribution < -0.4 is 10.1 Å². The van der Waals surface area contributed by atoms with Crippen LogP contribution in [-0.2, 0) is 11.2 Å². The highest BCUT2D eigenvalue weighted by molar-refractivity contribution is 5.75. The molecule has 146 valence electrons. The maximum absolute atomic E-state index is 12.0. The van der Waals surface area contributed by atoms with Crippen molar-refractivity contribution in [1.29, 1.82) is 0 Å². The molecule has 0 heterocycles. The molecule has 0 bridgehead atoms. The fourth-order valence-corrected chi connectivity index (χ4v) is 3.05. The van der Waals surface area contributed by atoms with Crippen molar-refractivity contribution in [1.82, 2.24) is 0 Å². The standard InChI is InChI=1S/C24H33NO2/c1-2-3-4-5-6-7-8-12-19-25-22-17-15-21(16-18-22)20-24(26)27-23-13-10-9-11-14-23/h9-11,13-18,25H,2-8,12,19-20H2,1H3. The summed E-state index contributed by atoms with van der Waals surface area (Å²) in [6.45, 7) is 3.26. The maximum Gasteiger partial charge on any atom is 0.315 e. The van der Waals surface area contributed by atoms with Crippen molar-refractivity contribution < 1.29 is 9.53 Å². The molecule has 2 aromatic carbocycles. The second-order valence-electron chi connectivity index (χ2n) is 7.06. The average molecular weight is 368 g/mol. The second-order valence-corrected chi connectivity index (χ2v) is 7.06. The first kappa shape index (κ1) is 21.0. The summed E-state index contributed by atoms with van der Waals surface area (Å²) in [4.78, 5) is 12.0. The van der Waals surface area contributed by atoms with E-state index in [9.17, 15) is 4.79 Å². The van der Waals surface area contributed by atoms with E-state index in [1.54, 1.807) is 12.1 Å². The van der Waals surface area contributed by atoms with E-state index in [-0.39, 0.29) is 12.4 Å². The summed E-state index contributed by atoms with van der Waals surface area (Å²) in [6, 6.07) is 17.2. The molecule has 0 aliphatic rings. The fourth-order valence-electron chi connectivity index (χ4n) is 3.05. The van der Waals surface area contributed by atoms with Crippen LogP contribution in [0.15, 0.2) is 54.6 Å². The average Bonchev–Trinajstić information content (AvgIpc) is 2.68. The minimum atomic E-state index is -0.235. The molecule has 0 saturated carbocycles. The third-order valence-corrected chi connectivity index (χ3v) is 4.64. The molecule has 0 radical (unpaired) electrons. The number of rotatable bonds is 13. The zero-order valence-corrected chi connectivity index (χ0v) is 16.6. The predicted octanol–water partition coefficient (Wildman–Crippen LogP) is 6.39. The molecule has 0 amide bonds. The number of anilines is 1. The number of esters is 1. The minimum Gasteiger partial charge on any atom is -0.426 e. The molecule has 0 fully saturated rings. The SMILES string of the molecule is CCCCCCCCCCNc1ccc(CC(=O)Oc2ccccc2)cc1. The molecule has 27 heavy (non-hydrogen) atoms. The third kappa shape index (κ3) is 9.28. The highest BCUT2D eigenvalue weighted by Crippen LogP contribution is 2.14. The van der Waals surface area contributed by atoms with Gasteiger partial charge in [-0.1, -0.05) is 82.2 Å². The van der Waals surface area contributed by atoms with Gasteiger partial charge in [0, 0.05) is 12.2 Å². The molecule has 0 saturated heterocycles. The van der Waals surface area contributed by atoms with E-state index in [0.717, 1.165) is 17.8 Å². The van der Waals surface area contributed by atoms with Crippen molar-refractivity contribution in [2.24, 2.45) is 0 Å². The van der Waals surface area contributed by atoms with E-state index < -0.39 is 0 Å². The van der Waals surface area contributed by atoms with Crippen LogP contribution in [-0.4, -0.2) is 12.5 Å². The summed E-state index contributed by atoms with van der Waals surface area (Å²) in [7, 11) is 0. The number of unbranched alkanes of at least 4 members (excludes halogenated alkanes) is 7. The molecule has 0 aliphatic carbocycles. The van der Waals surface area contributed by atoms with Crippen molar-refractivity contribution in [3.05, 3.63) is 60.2 Å². The van der Waals surface area contributed by atoms with Crippen LogP contribution in [0.3, 0.4) is 0 Å². The molecule has 2 aromatic rings. The van der Waals surface area contributed by atoms with Gasteiger partial charge in [-0.2, -0.15) is 0 Å². The lowest BCUT2D eigenvalue weighted by molar-refractivity contribution is -0.133. The Bertz CT molecular complexity index is 637. The fraction of sp³-hybridized carbons (Fsp3) is 0.458. The van der Waals surface area contributed by atoms with Gasteiger partial charge in [-0.3, -0.25) is 4.79 Å². The monoisotopic (exact) mass is 367 g/mol. The van der Waals surface area contributed by atoms with Crippen molar-refractivity contribution in [3.63, 3.8) is 0 Å². The zero-order chi connectivity index (χ0) is 19.2. The summed E-state index contributed by atoms with van der Waals surface area (Å²) in [5.41, 5.74) is 2.08. The summed E-state index contributed by atoms with van der Waals surface area (Å²) >= 11 is 0. The maximum atomic E-state index is 12.0. The van der Waals surface area contributed by atoms with Crippen molar-refractivity contribution >= 4 is 11.7 Å². The number of benzene rings is 2. The number of nitrogens with one attached hydrogen (secondary N) is 1. The molecular formula is C24H33NO2. The highest BCUT2D eigenvalue weighted by atomic mass is 16.5. The normalized spacial score (nSPS) is 10.6. The van der Waals surface area contributed by atoms with E-state index in [1.807, 2.05) is 42.5 Å². The second kappa shape index (κ2) is 13.0. The van der Waals surface area contributed by atoms with Crippen LogP contribution in [0.2, 0.25) is 0 Å². The van der Waals surface area contributed by atoms with Gasteiger partial charge in [-0.05, 0) is 36.2 Å². The van der Waals surface area contributed by atoms with Gasteiger partial charge in [-0.15, -0.1) is 0 Å². The number of hydrogen-bond acceptors (Lipinski definition) is 3.